The molecule has 0 aliphatic rings. The summed E-state index contributed by atoms with van der Waals surface area (Å²) >= 11 is 10.5. The molecule has 4 nitrogen and oxygen atoms in total. The van der Waals surface area contributed by atoms with Crippen LogP contribution in [0.25, 0.3) is 10.2 Å². The summed E-state index contributed by atoms with van der Waals surface area (Å²) in [6.45, 7) is 3.27. The SMILES string of the molecule is CCOc1ccc2c(c1)sc(=O)n2CCOC(=S)[S-]. The minimum absolute atomic E-state index is 0.0254. The second-order valence-electron chi connectivity index (χ2n) is 3.68. The van der Waals surface area contributed by atoms with Gasteiger partial charge in [-0.15, -0.1) is 0 Å². The Bertz CT molecular complexity index is 647. The summed E-state index contributed by atoms with van der Waals surface area (Å²) in [7, 11) is 0. The molecule has 2 rings (SSSR count). The standard InChI is InChI=1S/C12H13NO3S3/c1-2-15-8-3-4-9-10(7-8)19-11(14)13(9)5-6-16-12(17)18/h3-4,7H,2,5-6H2,1H3,(H,17,18)/p-1. The number of hydrogen-bond acceptors (Lipinski definition) is 6. The number of thiocarbonyl (C=S) groups is 1. The van der Waals surface area contributed by atoms with Crippen LogP contribution in [-0.2, 0) is 23.9 Å². The van der Waals surface area contributed by atoms with Crippen molar-refractivity contribution in [2.24, 2.45) is 0 Å². The zero-order chi connectivity index (χ0) is 13.8. The lowest BCUT2D eigenvalue weighted by molar-refractivity contribution is 0.303. The quantitative estimate of drug-likeness (QED) is 0.626. The smallest absolute Gasteiger partial charge is 0.308 e. The van der Waals surface area contributed by atoms with Crippen molar-refractivity contribution in [3.05, 3.63) is 27.9 Å². The van der Waals surface area contributed by atoms with Crippen LogP contribution >= 0.6 is 23.6 Å². The zero-order valence-corrected chi connectivity index (χ0v) is 12.7. The van der Waals surface area contributed by atoms with Gasteiger partial charge in [0.2, 0.25) is 0 Å². The van der Waals surface area contributed by atoms with Gasteiger partial charge in [-0.25, -0.2) is 0 Å². The molecule has 0 atom stereocenters. The van der Waals surface area contributed by atoms with E-state index >= 15 is 0 Å². The van der Waals surface area contributed by atoms with E-state index in [1.54, 1.807) is 4.57 Å². The lowest BCUT2D eigenvalue weighted by Gasteiger charge is -2.09. The molecular weight excluding hydrogens is 302 g/mol. The Morgan fingerprint density at radius 2 is 2.32 bits per heavy atom. The molecule has 1 heterocycles. The van der Waals surface area contributed by atoms with Crippen LogP contribution in [0.4, 0.5) is 0 Å². The molecule has 1 aromatic carbocycles. The third kappa shape index (κ3) is 3.43. The molecule has 0 aliphatic heterocycles. The maximum absolute atomic E-state index is 11.9. The van der Waals surface area contributed by atoms with E-state index in [-0.39, 0.29) is 9.26 Å². The molecule has 0 unspecified atom stereocenters. The van der Waals surface area contributed by atoms with E-state index in [4.69, 9.17) is 9.47 Å². The maximum Gasteiger partial charge on any atom is 0.308 e. The number of aromatic nitrogens is 1. The molecular formula is C12H12NO3S3-. The highest BCUT2D eigenvalue weighted by Gasteiger charge is 2.08. The topological polar surface area (TPSA) is 40.5 Å². The largest absolute Gasteiger partial charge is 0.512 e. The Balaban J connectivity index is 2.26. The van der Waals surface area contributed by atoms with E-state index in [1.165, 1.54) is 11.3 Å². The molecule has 0 saturated carbocycles. The third-order valence-electron chi connectivity index (χ3n) is 2.49. The highest BCUT2D eigenvalue weighted by atomic mass is 32.1. The first-order chi connectivity index (χ1) is 9.11. The van der Waals surface area contributed by atoms with Gasteiger partial charge in [0.1, 0.15) is 12.4 Å². The van der Waals surface area contributed by atoms with Gasteiger partial charge >= 0.3 is 4.87 Å². The van der Waals surface area contributed by atoms with Crippen LogP contribution in [0.5, 0.6) is 5.75 Å². The summed E-state index contributed by atoms with van der Waals surface area (Å²) in [5.74, 6) is 0.770. The van der Waals surface area contributed by atoms with Crippen molar-refractivity contribution in [2.75, 3.05) is 13.2 Å². The first kappa shape index (κ1) is 14.2. The summed E-state index contributed by atoms with van der Waals surface area (Å²) in [5, 5.41) is 0. The Kier molecular flexibility index (Phi) is 4.73. The number of benzene rings is 1. The summed E-state index contributed by atoms with van der Waals surface area (Å²) in [6.07, 6.45) is 0. The molecule has 0 aliphatic carbocycles. The van der Waals surface area contributed by atoms with Gasteiger partial charge < -0.3 is 34.3 Å². The molecule has 0 N–H and O–H groups in total. The average molecular weight is 314 g/mol. The van der Waals surface area contributed by atoms with E-state index in [2.05, 4.69) is 24.8 Å². The van der Waals surface area contributed by atoms with Crippen molar-refractivity contribution < 1.29 is 9.47 Å². The van der Waals surface area contributed by atoms with Crippen LogP contribution in [0.15, 0.2) is 23.0 Å². The summed E-state index contributed by atoms with van der Waals surface area (Å²) in [4.78, 5) is 11.9. The van der Waals surface area contributed by atoms with Gasteiger partial charge in [-0.2, -0.15) is 0 Å². The van der Waals surface area contributed by atoms with Crippen LogP contribution in [0.3, 0.4) is 0 Å². The van der Waals surface area contributed by atoms with Gasteiger partial charge in [0.15, 0.2) is 0 Å². The second-order valence-corrected chi connectivity index (χ2v) is 5.67. The van der Waals surface area contributed by atoms with Crippen LogP contribution in [0, 0.1) is 0 Å². The van der Waals surface area contributed by atoms with Crippen LogP contribution in [0.2, 0.25) is 0 Å². The van der Waals surface area contributed by atoms with Gasteiger partial charge in [-0.3, -0.25) is 9.36 Å². The first-order valence-corrected chi connectivity index (χ1v) is 7.35. The van der Waals surface area contributed by atoms with Gasteiger partial charge in [0.05, 0.1) is 23.4 Å². The molecule has 102 valence electrons. The first-order valence-electron chi connectivity index (χ1n) is 5.71. The van der Waals surface area contributed by atoms with E-state index in [1.807, 2.05) is 25.1 Å². The average Bonchev–Trinajstić information content (AvgIpc) is 2.65. The van der Waals surface area contributed by atoms with Crippen molar-refractivity contribution >= 4 is 50.8 Å². The molecule has 0 radical (unpaired) electrons. The molecule has 1 aromatic heterocycles. The monoisotopic (exact) mass is 314 g/mol. The highest BCUT2D eigenvalue weighted by molar-refractivity contribution is 7.99. The fourth-order valence-corrected chi connectivity index (χ4v) is 2.85. The Labute approximate surface area is 125 Å². The number of nitrogens with zero attached hydrogens (tertiary/aromatic N) is 1. The lowest BCUT2D eigenvalue weighted by atomic mass is 10.3. The number of rotatable bonds is 5. The van der Waals surface area contributed by atoms with E-state index < -0.39 is 0 Å². The Morgan fingerprint density at radius 1 is 1.53 bits per heavy atom. The van der Waals surface area contributed by atoms with Crippen LogP contribution < -0.4 is 9.61 Å². The highest BCUT2D eigenvalue weighted by Crippen LogP contribution is 2.23. The van der Waals surface area contributed by atoms with Gasteiger partial charge in [0, 0.05) is 4.38 Å². The van der Waals surface area contributed by atoms with E-state index in [0.29, 0.717) is 19.8 Å². The minimum atomic E-state index is -0.0254. The molecule has 7 heteroatoms. The van der Waals surface area contributed by atoms with Gasteiger partial charge in [-0.1, -0.05) is 11.3 Å². The van der Waals surface area contributed by atoms with Gasteiger partial charge in [0.25, 0.3) is 0 Å². The molecule has 0 fully saturated rings. The van der Waals surface area contributed by atoms with Crippen molar-refractivity contribution in [3.63, 3.8) is 0 Å². The summed E-state index contributed by atoms with van der Waals surface area (Å²) in [6, 6.07) is 5.61. The maximum atomic E-state index is 11.9. The van der Waals surface area contributed by atoms with Crippen molar-refractivity contribution in [2.45, 2.75) is 13.5 Å². The predicted octanol–water partition coefficient (Wildman–Crippen LogP) is 2.31. The summed E-state index contributed by atoms with van der Waals surface area (Å²) < 4.78 is 13.1. The molecule has 0 amide bonds. The van der Waals surface area contributed by atoms with Crippen LogP contribution in [-0.4, -0.2) is 22.2 Å². The van der Waals surface area contributed by atoms with E-state index in [0.717, 1.165) is 16.0 Å². The normalized spacial score (nSPS) is 10.6. The molecule has 19 heavy (non-hydrogen) atoms. The second kappa shape index (κ2) is 6.31. The van der Waals surface area contributed by atoms with Crippen LogP contribution in [0.1, 0.15) is 6.92 Å². The van der Waals surface area contributed by atoms with E-state index in [9.17, 15) is 4.79 Å². The summed E-state index contributed by atoms with van der Waals surface area (Å²) in [5.41, 5.74) is 0.873. The minimum Gasteiger partial charge on any atom is -0.512 e. The number of thiazole rings is 1. The molecule has 0 bridgehead atoms. The number of fused-ring (bicyclic) bond motifs is 1. The molecule has 0 saturated heterocycles. The number of hydrogen-bond donors (Lipinski definition) is 0. The number of ether oxygens (including phenoxy) is 2. The fraction of sp³-hybridized carbons (Fsp3) is 0.333. The van der Waals surface area contributed by atoms with Crippen molar-refractivity contribution in [1.82, 2.24) is 4.57 Å². The molecule has 2 aromatic rings. The molecule has 0 spiro atoms. The lowest BCUT2D eigenvalue weighted by Crippen LogP contribution is -2.17. The third-order valence-corrected chi connectivity index (χ3v) is 3.66. The zero-order valence-electron chi connectivity index (χ0n) is 10.3. The van der Waals surface area contributed by atoms with Crippen molar-refractivity contribution in [3.8, 4) is 5.75 Å². The predicted molar refractivity (Wildman–Crippen MR) is 83.2 cm³/mol. The fourth-order valence-electron chi connectivity index (χ4n) is 1.74. The van der Waals surface area contributed by atoms with Gasteiger partial charge in [-0.05, 0) is 25.1 Å². The Morgan fingerprint density at radius 3 is 3.00 bits per heavy atom. The Hall–Kier alpha value is -1.18. The van der Waals surface area contributed by atoms with Crippen molar-refractivity contribution in [1.29, 1.82) is 0 Å².